The van der Waals surface area contributed by atoms with Crippen LogP contribution in [0.1, 0.15) is 32.0 Å². The average Bonchev–Trinajstić information content (AvgIpc) is 2.67. The van der Waals surface area contributed by atoms with Gasteiger partial charge in [-0.3, -0.25) is 14.6 Å². The number of hydrogen-bond acceptors (Lipinski definition) is 3. The minimum Gasteiger partial charge on any atom is -0.322 e. The fourth-order valence-electron chi connectivity index (χ4n) is 2.50. The highest BCUT2D eigenvalue weighted by Crippen LogP contribution is 2.22. The van der Waals surface area contributed by atoms with Crippen molar-refractivity contribution in [2.24, 2.45) is 0 Å². The lowest BCUT2D eigenvalue weighted by molar-refractivity contribution is 0.101. The van der Waals surface area contributed by atoms with Gasteiger partial charge in [-0.25, -0.2) is 0 Å². The van der Waals surface area contributed by atoms with E-state index in [1.54, 1.807) is 30.3 Å². The number of aryl methyl sites for hydroxylation is 2. The number of amides is 2. The Hall–Kier alpha value is -2.89. The van der Waals surface area contributed by atoms with Crippen LogP contribution in [0.2, 0.25) is 10.0 Å². The molecule has 0 fully saturated rings. The van der Waals surface area contributed by atoms with E-state index in [1.165, 1.54) is 12.3 Å². The normalized spacial score (nSPS) is 10.4. The van der Waals surface area contributed by atoms with Crippen LogP contribution in [0.4, 0.5) is 11.4 Å². The van der Waals surface area contributed by atoms with Gasteiger partial charge in [-0.15, -0.1) is 0 Å². The molecule has 0 spiro atoms. The van der Waals surface area contributed by atoms with Crippen molar-refractivity contribution >= 4 is 46.4 Å². The lowest BCUT2D eigenvalue weighted by atomic mass is 10.1. The van der Waals surface area contributed by atoms with Crippen LogP contribution >= 0.6 is 23.2 Å². The molecule has 0 saturated heterocycles. The van der Waals surface area contributed by atoms with Gasteiger partial charge in [-0.2, -0.15) is 0 Å². The molecule has 28 heavy (non-hydrogen) atoms. The maximum absolute atomic E-state index is 12.4. The first-order valence-corrected chi connectivity index (χ1v) is 9.20. The van der Waals surface area contributed by atoms with Crippen molar-refractivity contribution in [3.8, 4) is 0 Å². The standard InChI is InChI=1S/C21H17Cl2N3O2/c1-12-3-6-15(22)9-18(12)25-20(27)14-5-8-17(24-11-14)21(28)26-19-10-16(23)7-4-13(19)2/h3-11H,1-2H3,(H,25,27)(H,26,28). The smallest absolute Gasteiger partial charge is 0.274 e. The van der Waals surface area contributed by atoms with Crippen LogP contribution < -0.4 is 10.6 Å². The van der Waals surface area contributed by atoms with Gasteiger partial charge in [0, 0.05) is 27.6 Å². The molecule has 142 valence electrons. The van der Waals surface area contributed by atoms with Crippen LogP contribution in [0.5, 0.6) is 0 Å². The Morgan fingerprint density at radius 3 is 1.82 bits per heavy atom. The Labute approximate surface area is 172 Å². The van der Waals surface area contributed by atoms with E-state index in [1.807, 2.05) is 26.0 Å². The van der Waals surface area contributed by atoms with E-state index in [0.717, 1.165) is 11.1 Å². The van der Waals surface area contributed by atoms with E-state index >= 15 is 0 Å². The van der Waals surface area contributed by atoms with Gasteiger partial charge >= 0.3 is 0 Å². The van der Waals surface area contributed by atoms with Crippen molar-refractivity contribution in [2.75, 3.05) is 10.6 Å². The highest BCUT2D eigenvalue weighted by Gasteiger charge is 2.13. The fourth-order valence-corrected chi connectivity index (χ4v) is 2.85. The number of pyridine rings is 1. The van der Waals surface area contributed by atoms with Gasteiger partial charge in [0.1, 0.15) is 5.69 Å². The van der Waals surface area contributed by atoms with Gasteiger partial charge in [-0.1, -0.05) is 35.3 Å². The molecule has 0 radical (unpaired) electrons. The predicted octanol–water partition coefficient (Wildman–Crippen LogP) is 5.51. The zero-order valence-corrected chi connectivity index (χ0v) is 16.7. The summed E-state index contributed by atoms with van der Waals surface area (Å²) in [6, 6.07) is 13.5. The van der Waals surface area contributed by atoms with Crippen LogP contribution in [0.3, 0.4) is 0 Å². The summed E-state index contributed by atoms with van der Waals surface area (Å²) in [5.74, 6) is -0.724. The first-order chi connectivity index (χ1) is 13.3. The largest absolute Gasteiger partial charge is 0.322 e. The van der Waals surface area contributed by atoms with Crippen molar-refractivity contribution in [3.05, 3.63) is 87.2 Å². The second-order valence-corrected chi connectivity index (χ2v) is 7.13. The maximum Gasteiger partial charge on any atom is 0.274 e. The molecule has 7 heteroatoms. The second-order valence-electron chi connectivity index (χ2n) is 6.26. The highest BCUT2D eigenvalue weighted by atomic mass is 35.5. The van der Waals surface area contributed by atoms with Crippen LogP contribution in [0.15, 0.2) is 54.7 Å². The van der Waals surface area contributed by atoms with Gasteiger partial charge in [0.15, 0.2) is 0 Å². The summed E-state index contributed by atoms with van der Waals surface area (Å²) in [7, 11) is 0. The number of aromatic nitrogens is 1. The zero-order valence-electron chi connectivity index (χ0n) is 15.2. The van der Waals surface area contributed by atoms with E-state index in [9.17, 15) is 9.59 Å². The SMILES string of the molecule is Cc1ccc(Cl)cc1NC(=O)c1ccc(C(=O)Nc2cc(Cl)ccc2C)nc1. The summed E-state index contributed by atoms with van der Waals surface area (Å²) >= 11 is 11.9. The predicted molar refractivity (Wildman–Crippen MR) is 113 cm³/mol. The molecule has 1 aromatic heterocycles. The van der Waals surface area contributed by atoms with Crippen LogP contribution in [-0.4, -0.2) is 16.8 Å². The molecule has 0 aliphatic rings. The Kier molecular flexibility index (Phi) is 5.97. The Morgan fingerprint density at radius 2 is 1.32 bits per heavy atom. The third-order valence-corrected chi connectivity index (χ3v) is 4.62. The van der Waals surface area contributed by atoms with Crippen LogP contribution in [-0.2, 0) is 0 Å². The fraction of sp³-hybridized carbons (Fsp3) is 0.0952. The minimum absolute atomic E-state index is 0.190. The van der Waals surface area contributed by atoms with Crippen molar-refractivity contribution in [1.82, 2.24) is 4.98 Å². The molecule has 0 aliphatic carbocycles. The van der Waals surface area contributed by atoms with E-state index < -0.39 is 0 Å². The molecule has 0 unspecified atom stereocenters. The number of anilines is 2. The molecule has 0 aliphatic heterocycles. The average molecular weight is 414 g/mol. The molecular weight excluding hydrogens is 397 g/mol. The topological polar surface area (TPSA) is 71.1 Å². The number of carbonyl (C=O) groups is 2. The molecule has 2 aromatic carbocycles. The molecule has 2 N–H and O–H groups in total. The van der Waals surface area contributed by atoms with E-state index in [2.05, 4.69) is 15.6 Å². The van der Waals surface area contributed by atoms with E-state index in [0.29, 0.717) is 27.0 Å². The lowest BCUT2D eigenvalue weighted by Gasteiger charge is -2.10. The third-order valence-electron chi connectivity index (χ3n) is 4.15. The molecule has 2 amide bonds. The Bertz CT molecular complexity index is 966. The van der Waals surface area contributed by atoms with E-state index in [-0.39, 0.29) is 17.5 Å². The molecule has 5 nitrogen and oxygen atoms in total. The van der Waals surface area contributed by atoms with Crippen LogP contribution in [0, 0.1) is 13.8 Å². The van der Waals surface area contributed by atoms with Crippen LogP contribution in [0.25, 0.3) is 0 Å². The number of nitrogens with zero attached hydrogens (tertiary/aromatic N) is 1. The van der Waals surface area contributed by atoms with Crippen molar-refractivity contribution in [1.29, 1.82) is 0 Å². The summed E-state index contributed by atoms with van der Waals surface area (Å²) in [4.78, 5) is 28.9. The monoisotopic (exact) mass is 413 g/mol. The number of benzene rings is 2. The van der Waals surface area contributed by atoms with Gasteiger partial charge in [-0.05, 0) is 61.4 Å². The number of hydrogen-bond donors (Lipinski definition) is 2. The van der Waals surface area contributed by atoms with Gasteiger partial charge in [0.2, 0.25) is 0 Å². The molecule has 0 atom stereocenters. The summed E-state index contributed by atoms with van der Waals surface area (Å²) in [6.07, 6.45) is 1.36. The molecular formula is C21H17Cl2N3O2. The van der Waals surface area contributed by atoms with Crippen molar-refractivity contribution in [2.45, 2.75) is 13.8 Å². The highest BCUT2D eigenvalue weighted by molar-refractivity contribution is 6.31. The number of nitrogens with one attached hydrogen (secondary N) is 2. The first-order valence-electron chi connectivity index (χ1n) is 8.44. The number of carbonyl (C=O) groups excluding carboxylic acids is 2. The molecule has 3 rings (SSSR count). The molecule has 1 heterocycles. The lowest BCUT2D eigenvalue weighted by Crippen LogP contribution is -2.16. The first kappa shape index (κ1) is 19.9. The second kappa shape index (κ2) is 8.42. The molecule has 0 bridgehead atoms. The minimum atomic E-state index is -0.386. The summed E-state index contributed by atoms with van der Waals surface area (Å²) < 4.78 is 0. The molecule has 0 saturated carbocycles. The summed E-state index contributed by atoms with van der Waals surface area (Å²) in [6.45, 7) is 3.74. The zero-order chi connectivity index (χ0) is 20.3. The van der Waals surface area contributed by atoms with Gasteiger partial charge in [0.25, 0.3) is 11.8 Å². The summed E-state index contributed by atoms with van der Waals surface area (Å²) in [5, 5.41) is 6.61. The third kappa shape index (κ3) is 4.68. The number of rotatable bonds is 4. The van der Waals surface area contributed by atoms with Gasteiger partial charge in [0.05, 0.1) is 5.56 Å². The Morgan fingerprint density at radius 1 is 0.786 bits per heavy atom. The maximum atomic E-state index is 12.4. The van der Waals surface area contributed by atoms with E-state index in [4.69, 9.17) is 23.2 Å². The molecule has 3 aromatic rings. The van der Waals surface area contributed by atoms with Crippen molar-refractivity contribution < 1.29 is 9.59 Å². The quantitative estimate of drug-likeness (QED) is 0.592. The van der Waals surface area contributed by atoms with Gasteiger partial charge < -0.3 is 10.6 Å². The number of halogens is 2. The Balaban J connectivity index is 1.72. The van der Waals surface area contributed by atoms with Crippen molar-refractivity contribution in [3.63, 3.8) is 0 Å². The summed E-state index contributed by atoms with van der Waals surface area (Å²) in [5.41, 5.74) is 3.52.